The lowest BCUT2D eigenvalue weighted by molar-refractivity contribution is 0.472. The number of sulfonamides is 1. The van der Waals surface area contributed by atoms with E-state index in [1.165, 1.54) is 4.31 Å². The number of hydrogen-bond donors (Lipinski definition) is 1. The first-order valence-corrected chi connectivity index (χ1v) is 7.18. The zero-order chi connectivity index (χ0) is 12.6. The zero-order valence-corrected chi connectivity index (χ0v) is 11.0. The second-order valence-electron chi connectivity index (χ2n) is 4.68. The molecule has 0 unspecified atom stereocenters. The summed E-state index contributed by atoms with van der Waals surface area (Å²) in [5.74, 6) is 0. The Balaban J connectivity index is 2.38. The molecule has 2 rings (SSSR count). The van der Waals surface area contributed by atoms with Gasteiger partial charge in [0.2, 0.25) is 10.0 Å². The Morgan fingerprint density at radius 1 is 1.35 bits per heavy atom. The summed E-state index contributed by atoms with van der Waals surface area (Å²) in [5, 5.41) is 0. The van der Waals surface area contributed by atoms with E-state index >= 15 is 0 Å². The lowest BCUT2D eigenvalue weighted by Gasteiger charge is -2.17. The average molecular weight is 254 g/mol. The summed E-state index contributed by atoms with van der Waals surface area (Å²) < 4.78 is 26.2. The summed E-state index contributed by atoms with van der Waals surface area (Å²) >= 11 is 0. The molecular weight excluding hydrogens is 236 g/mol. The van der Waals surface area contributed by atoms with E-state index in [9.17, 15) is 8.42 Å². The second kappa shape index (κ2) is 4.40. The van der Waals surface area contributed by atoms with Crippen molar-refractivity contribution in [3.05, 3.63) is 29.3 Å². The van der Waals surface area contributed by atoms with E-state index in [2.05, 4.69) is 0 Å². The van der Waals surface area contributed by atoms with Gasteiger partial charge in [0.25, 0.3) is 0 Å². The van der Waals surface area contributed by atoms with Crippen LogP contribution in [-0.4, -0.2) is 31.9 Å². The molecule has 5 heteroatoms. The lowest BCUT2D eigenvalue weighted by atomic mass is 10.2. The smallest absolute Gasteiger partial charge is 0.243 e. The van der Waals surface area contributed by atoms with Crippen molar-refractivity contribution in [1.29, 1.82) is 0 Å². The van der Waals surface area contributed by atoms with Crippen LogP contribution >= 0.6 is 0 Å². The van der Waals surface area contributed by atoms with Crippen molar-refractivity contribution >= 4 is 10.0 Å². The fourth-order valence-corrected chi connectivity index (χ4v) is 3.92. The Kier molecular flexibility index (Phi) is 3.25. The summed E-state index contributed by atoms with van der Waals surface area (Å²) in [6.07, 6.45) is 0.740. The van der Waals surface area contributed by atoms with Gasteiger partial charge in [0.15, 0.2) is 0 Å². The van der Waals surface area contributed by atoms with Crippen LogP contribution in [0.25, 0.3) is 0 Å². The molecule has 17 heavy (non-hydrogen) atoms. The Morgan fingerprint density at radius 2 is 2.06 bits per heavy atom. The molecule has 1 fully saturated rings. The van der Waals surface area contributed by atoms with E-state index in [0.29, 0.717) is 18.0 Å². The number of nitrogens with two attached hydrogens (primary N) is 1. The van der Waals surface area contributed by atoms with Gasteiger partial charge in [-0.3, -0.25) is 0 Å². The number of nitrogens with zero attached hydrogens (tertiary/aromatic N) is 1. The van der Waals surface area contributed by atoms with Crippen molar-refractivity contribution in [2.45, 2.75) is 31.2 Å². The van der Waals surface area contributed by atoms with Gasteiger partial charge in [-0.1, -0.05) is 17.7 Å². The van der Waals surface area contributed by atoms with Crippen LogP contribution in [0.15, 0.2) is 23.1 Å². The predicted octanol–water partition coefficient (Wildman–Crippen LogP) is 1.03. The fraction of sp³-hybridized carbons (Fsp3) is 0.500. The molecule has 2 N–H and O–H groups in total. The van der Waals surface area contributed by atoms with E-state index in [1.807, 2.05) is 26.0 Å². The molecule has 1 aliphatic rings. The highest BCUT2D eigenvalue weighted by atomic mass is 32.2. The van der Waals surface area contributed by atoms with Gasteiger partial charge >= 0.3 is 0 Å². The monoisotopic (exact) mass is 254 g/mol. The third kappa shape index (κ3) is 2.36. The van der Waals surface area contributed by atoms with Crippen molar-refractivity contribution in [3.8, 4) is 0 Å². The predicted molar refractivity (Wildman–Crippen MR) is 67.3 cm³/mol. The number of rotatable bonds is 2. The molecule has 1 aliphatic heterocycles. The van der Waals surface area contributed by atoms with Crippen LogP contribution in [0.5, 0.6) is 0 Å². The molecule has 1 aromatic rings. The maximum absolute atomic E-state index is 12.4. The SMILES string of the molecule is Cc1ccc(S(=O)(=O)N2CC[C@H](N)C2)c(C)c1. The largest absolute Gasteiger partial charge is 0.326 e. The highest BCUT2D eigenvalue weighted by Crippen LogP contribution is 2.23. The second-order valence-corrected chi connectivity index (χ2v) is 6.59. The van der Waals surface area contributed by atoms with E-state index in [0.717, 1.165) is 17.5 Å². The van der Waals surface area contributed by atoms with Gasteiger partial charge in [-0.05, 0) is 31.9 Å². The fourth-order valence-electron chi connectivity index (χ4n) is 2.20. The molecule has 94 valence electrons. The lowest BCUT2D eigenvalue weighted by Crippen LogP contribution is -2.32. The molecule has 4 nitrogen and oxygen atoms in total. The molecule has 0 amide bonds. The highest BCUT2D eigenvalue weighted by Gasteiger charge is 2.31. The first-order valence-electron chi connectivity index (χ1n) is 5.74. The minimum Gasteiger partial charge on any atom is -0.326 e. The maximum Gasteiger partial charge on any atom is 0.243 e. The van der Waals surface area contributed by atoms with Crippen LogP contribution < -0.4 is 5.73 Å². The van der Waals surface area contributed by atoms with Gasteiger partial charge in [0, 0.05) is 19.1 Å². The quantitative estimate of drug-likeness (QED) is 0.857. The molecule has 0 spiro atoms. The van der Waals surface area contributed by atoms with Crippen molar-refractivity contribution in [1.82, 2.24) is 4.31 Å². The highest BCUT2D eigenvalue weighted by molar-refractivity contribution is 7.89. The Bertz CT molecular complexity index is 525. The van der Waals surface area contributed by atoms with Gasteiger partial charge in [-0.2, -0.15) is 4.31 Å². The topological polar surface area (TPSA) is 63.4 Å². The normalized spacial score (nSPS) is 21.9. The molecule has 0 aromatic heterocycles. The molecule has 0 saturated carbocycles. The van der Waals surface area contributed by atoms with Gasteiger partial charge in [-0.15, -0.1) is 0 Å². The summed E-state index contributed by atoms with van der Waals surface area (Å²) in [7, 11) is -3.37. The zero-order valence-electron chi connectivity index (χ0n) is 10.2. The minimum atomic E-state index is -3.37. The third-order valence-electron chi connectivity index (χ3n) is 3.14. The molecule has 0 bridgehead atoms. The molecule has 1 aromatic carbocycles. The molecule has 1 saturated heterocycles. The van der Waals surface area contributed by atoms with E-state index in [1.54, 1.807) is 6.07 Å². The van der Waals surface area contributed by atoms with Gasteiger partial charge in [-0.25, -0.2) is 8.42 Å². The van der Waals surface area contributed by atoms with Crippen LogP contribution in [-0.2, 0) is 10.0 Å². The molecule has 1 heterocycles. The maximum atomic E-state index is 12.4. The van der Waals surface area contributed by atoms with E-state index in [4.69, 9.17) is 5.73 Å². The van der Waals surface area contributed by atoms with Crippen molar-refractivity contribution < 1.29 is 8.42 Å². The summed E-state index contributed by atoms with van der Waals surface area (Å²) in [5.41, 5.74) is 7.62. The van der Waals surface area contributed by atoms with E-state index in [-0.39, 0.29) is 6.04 Å². The molecule has 1 atom stereocenters. The number of aryl methyl sites for hydroxylation is 2. The Labute approximate surface area is 102 Å². The van der Waals surface area contributed by atoms with Crippen LogP contribution in [0.1, 0.15) is 17.5 Å². The first-order chi connectivity index (χ1) is 7.91. The molecule has 0 aliphatic carbocycles. The number of benzene rings is 1. The van der Waals surface area contributed by atoms with Crippen LogP contribution in [0.3, 0.4) is 0 Å². The van der Waals surface area contributed by atoms with E-state index < -0.39 is 10.0 Å². The van der Waals surface area contributed by atoms with Crippen LogP contribution in [0.4, 0.5) is 0 Å². The molecule has 0 radical (unpaired) electrons. The van der Waals surface area contributed by atoms with Crippen molar-refractivity contribution in [2.24, 2.45) is 5.73 Å². The summed E-state index contributed by atoms with van der Waals surface area (Å²) in [4.78, 5) is 0.400. The summed E-state index contributed by atoms with van der Waals surface area (Å²) in [6, 6.07) is 5.37. The van der Waals surface area contributed by atoms with Crippen LogP contribution in [0.2, 0.25) is 0 Å². The third-order valence-corrected chi connectivity index (χ3v) is 5.16. The van der Waals surface area contributed by atoms with Gasteiger partial charge < -0.3 is 5.73 Å². The molecular formula is C12H18N2O2S. The average Bonchev–Trinajstić information content (AvgIpc) is 2.64. The standard InChI is InChI=1S/C12H18N2O2S/c1-9-3-4-12(10(2)7-9)17(15,16)14-6-5-11(13)8-14/h3-4,7,11H,5-6,8,13H2,1-2H3/t11-/m0/s1. The number of hydrogen-bond acceptors (Lipinski definition) is 3. The summed E-state index contributed by atoms with van der Waals surface area (Å²) in [6.45, 7) is 4.73. The Morgan fingerprint density at radius 3 is 2.59 bits per heavy atom. The van der Waals surface area contributed by atoms with Crippen molar-refractivity contribution in [2.75, 3.05) is 13.1 Å². The van der Waals surface area contributed by atoms with Crippen LogP contribution in [0, 0.1) is 13.8 Å². The minimum absolute atomic E-state index is 0.0319. The van der Waals surface area contributed by atoms with Gasteiger partial charge in [0.1, 0.15) is 0 Å². The Hall–Kier alpha value is -0.910. The van der Waals surface area contributed by atoms with Crippen molar-refractivity contribution in [3.63, 3.8) is 0 Å². The van der Waals surface area contributed by atoms with Gasteiger partial charge in [0.05, 0.1) is 4.90 Å². The first kappa shape index (κ1) is 12.5.